The Labute approximate surface area is 177 Å². The molecule has 3 aromatic rings. The van der Waals surface area contributed by atoms with Gasteiger partial charge in [-0.3, -0.25) is 0 Å². The van der Waals surface area contributed by atoms with Crippen molar-refractivity contribution in [2.24, 2.45) is 5.73 Å². The average molecular weight is 423 g/mol. The van der Waals surface area contributed by atoms with E-state index < -0.39 is 5.92 Å². The molecule has 3 N–H and O–H groups in total. The molecule has 1 heterocycles. The summed E-state index contributed by atoms with van der Waals surface area (Å²) < 4.78 is 25.0. The number of phenolic OH excluding ortho intramolecular Hbond substituents is 1. The van der Waals surface area contributed by atoms with Crippen molar-refractivity contribution in [2.45, 2.75) is 12.5 Å². The standard InChI is InChI=1S/C23H16ClFN2O3/c24-18-9-13(5-8-20(18)29-12-14-3-1-2-4-19(14)25)22-16-7-6-15(28)10-21(16)30-23(27)17(22)11-26/h1-10,22,28H,12,27H2/t22-/m0/s1. The normalized spacial score (nSPS) is 15.2. The molecule has 0 radical (unpaired) electrons. The van der Waals surface area contributed by atoms with Gasteiger partial charge in [-0.1, -0.05) is 41.9 Å². The van der Waals surface area contributed by atoms with Crippen LogP contribution in [-0.4, -0.2) is 5.11 Å². The molecule has 0 fully saturated rings. The van der Waals surface area contributed by atoms with Gasteiger partial charge in [0.2, 0.25) is 5.88 Å². The molecule has 3 aromatic carbocycles. The number of hydrogen-bond donors (Lipinski definition) is 2. The van der Waals surface area contributed by atoms with Gasteiger partial charge in [0.1, 0.15) is 41.3 Å². The van der Waals surface area contributed by atoms with E-state index in [1.54, 1.807) is 42.5 Å². The van der Waals surface area contributed by atoms with Gasteiger partial charge in [-0.25, -0.2) is 4.39 Å². The van der Waals surface area contributed by atoms with Crippen LogP contribution < -0.4 is 15.2 Å². The Morgan fingerprint density at radius 2 is 1.97 bits per heavy atom. The topological polar surface area (TPSA) is 88.5 Å². The van der Waals surface area contributed by atoms with E-state index in [0.717, 1.165) is 0 Å². The first-order chi connectivity index (χ1) is 14.5. The fourth-order valence-electron chi connectivity index (χ4n) is 3.37. The van der Waals surface area contributed by atoms with Gasteiger partial charge in [0.05, 0.1) is 10.9 Å². The van der Waals surface area contributed by atoms with Gasteiger partial charge in [-0.15, -0.1) is 0 Å². The summed E-state index contributed by atoms with van der Waals surface area (Å²) in [6.07, 6.45) is 0. The first kappa shape index (κ1) is 19.6. The molecule has 4 rings (SSSR count). The highest BCUT2D eigenvalue weighted by molar-refractivity contribution is 6.32. The van der Waals surface area contributed by atoms with E-state index >= 15 is 0 Å². The van der Waals surface area contributed by atoms with Crippen LogP contribution in [-0.2, 0) is 6.61 Å². The molecular formula is C23H16ClFN2O3. The minimum atomic E-state index is -0.516. The number of nitrogens with two attached hydrogens (primary N) is 1. The summed E-state index contributed by atoms with van der Waals surface area (Å²) in [5.74, 6) is -0.124. The zero-order valence-electron chi connectivity index (χ0n) is 15.6. The molecule has 7 heteroatoms. The molecule has 1 aliphatic heterocycles. The lowest BCUT2D eigenvalue weighted by molar-refractivity contribution is 0.300. The lowest BCUT2D eigenvalue weighted by atomic mass is 9.83. The smallest absolute Gasteiger partial charge is 0.205 e. The SMILES string of the molecule is N#CC1=C(N)Oc2cc(O)ccc2[C@@H]1c1ccc(OCc2ccccc2F)c(Cl)c1. The predicted octanol–water partition coefficient (Wildman–Crippen LogP) is 4.98. The van der Waals surface area contributed by atoms with Crippen molar-refractivity contribution in [3.8, 4) is 23.3 Å². The summed E-state index contributed by atoms with van der Waals surface area (Å²) in [5, 5.41) is 19.7. The second kappa shape index (κ2) is 7.97. The van der Waals surface area contributed by atoms with Crippen molar-refractivity contribution in [2.75, 3.05) is 0 Å². The highest BCUT2D eigenvalue weighted by Crippen LogP contribution is 2.44. The van der Waals surface area contributed by atoms with Crippen LogP contribution in [0.3, 0.4) is 0 Å². The van der Waals surface area contributed by atoms with Gasteiger partial charge in [-0.05, 0) is 29.8 Å². The lowest BCUT2D eigenvalue weighted by Gasteiger charge is -2.26. The summed E-state index contributed by atoms with van der Waals surface area (Å²) in [6.45, 7) is 0.0292. The van der Waals surface area contributed by atoms with E-state index in [1.807, 2.05) is 0 Å². The Kier molecular flexibility index (Phi) is 5.21. The molecule has 150 valence electrons. The third kappa shape index (κ3) is 3.63. The first-order valence-electron chi connectivity index (χ1n) is 9.04. The number of rotatable bonds is 4. The monoisotopic (exact) mass is 422 g/mol. The van der Waals surface area contributed by atoms with Crippen LogP contribution in [0.1, 0.15) is 22.6 Å². The summed E-state index contributed by atoms with van der Waals surface area (Å²) in [4.78, 5) is 0. The molecule has 1 atom stereocenters. The maximum atomic E-state index is 13.8. The molecule has 0 saturated heterocycles. The van der Waals surface area contributed by atoms with E-state index in [2.05, 4.69) is 6.07 Å². The van der Waals surface area contributed by atoms with Crippen LogP contribution in [0.4, 0.5) is 4.39 Å². The Morgan fingerprint density at radius 3 is 2.70 bits per heavy atom. The number of hydrogen-bond acceptors (Lipinski definition) is 5. The van der Waals surface area contributed by atoms with E-state index in [9.17, 15) is 14.8 Å². The third-order valence-electron chi connectivity index (χ3n) is 4.83. The number of halogens is 2. The average Bonchev–Trinajstić information content (AvgIpc) is 2.72. The second-order valence-corrected chi connectivity index (χ2v) is 7.12. The van der Waals surface area contributed by atoms with Crippen molar-refractivity contribution < 1.29 is 19.0 Å². The summed E-state index contributed by atoms with van der Waals surface area (Å²) in [7, 11) is 0. The summed E-state index contributed by atoms with van der Waals surface area (Å²) in [5.41, 5.74) is 7.97. The number of fused-ring (bicyclic) bond motifs is 1. The number of benzene rings is 3. The van der Waals surface area contributed by atoms with Crippen LogP contribution >= 0.6 is 11.6 Å². The van der Waals surface area contributed by atoms with Gasteiger partial charge in [0.25, 0.3) is 0 Å². The Balaban J connectivity index is 1.67. The first-order valence-corrected chi connectivity index (χ1v) is 9.42. The highest BCUT2D eigenvalue weighted by atomic mass is 35.5. The zero-order chi connectivity index (χ0) is 21.3. The van der Waals surface area contributed by atoms with E-state index in [1.165, 1.54) is 18.2 Å². The van der Waals surface area contributed by atoms with Crippen molar-refractivity contribution in [1.82, 2.24) is 0 Å². The number of allylic oxidation sites excluding steroid dienone is 1. The third-order valence-corrected chi connectivity index (χ3v) is 5.13. The molecular weight excluding hydrogens is 407 g/mol. The molecule has 0 spiro atoms. The Hall–Kier alpha value is -3.69. The van der Waals surface area contributed by atoms with E-state index in [-0.39, 0.29) is 29.6 Å². The maximum Gasteiger partial charge on any atom is 0.205 e. The number of aromatic hydroxyl groups is 1. The van der Waals surface area contributed by atoms with Crippen molar-refractivity contribution in [3.63, 3.8) is 0 Å². The molecule has 1 aliphatic rings. The van der Waals surface area contributed by atoms with Gasteiger partial charge < -0.3 is 20.3 Å². The molecule has 0 saturated carbocycles. The molecule has 0 aliphatic carbocycles. The van der Waals surface area contributed by atoms with Crippen molar-refractivity contribution in [1.29, 1.82) is 5.26 Å². The quantitative estimate of drug-likeness (QED) is 0.618. The van der Waals surface area contributed by atoms with Crippen LogP contribution in [0, 0.1) is 17.1 Å². The summed E-state index contributed by atoms with van der Waals surface area (Å²) in [6, 6.07) is 18.2. The van der Waals surface area contributed by atoms with Gasteiger partial charge in [0, 0.05) is 17.2 Å². The zero-order valence-corrected chi connectivity index (χ0v) is 16.4. The minimum Gasteiger partial charge on any atom is -0.508 e. The van der Waals surface area contributed by atoms with E-state index in [4.69, 9.17) is 26.8 Å². The van der Waals surface area contributed by atoms with Gasteiger partial charge in [0.15, 0.2) is 0 Å². The van der Waals surface area contributed by atoms with Crippen LogP contribution in [0.2, 0.25) is 5.02 Å². The molecule has 0 aromatic heterocycles. The number of phenols is 1. The van der Waals surface area contributed by atoms with Crippen LogP contribution in [0.5, 0.6) is 17.2 Å². The predicted molar refractivity (Wildman–Crippen MR) is 110 cm³/mol. The molecule has 0 amide bonds. The number of ether oxygens (including phenoxy) is 2. The van der Waals surface area contributed by atoms with E-state index in [0.29, 0.717) is 33.2 Å². The number of nitriles is 1. The fraction of sp³-hybridized carbons (Fsp3) is 0.0870. The van der Waals surface area contributed by atoms with Crippen LogP contribution in [0.15, 0.2) is 72.1 Å². The Bertz CT molecular complexity index is 1200. The van der Waals surface area contributed by atoms with Crippen LogP contribution in [0.25, 0.3) is 0 Å². The Morgan fingerprint density at radius 1 is 1.17 bits per heavy atom. The molecule has 0 unspecified atom stereocenters. The summed E-state index contributed by atoms with van der Waals surface area (Å²) >= 11 is 6.41. The fourth-order valence-corrected chi connectivity index (χ4v) is 3.62. The van der Waals surface area contributed by atoms with Gasteiger partial charge >= 0.3 is 0 Å². The number of nitrogens with zero attached hydrogens (tertiary/aromatic N) is 1. The second-order valence-electron chi connectivity index (χ2n) is 6.72. The molecule has 0 bridgehead atoms. The lowest BCUT2D eigenvalue weighted by Crippen LogP contribution is -2.21. The largest absolute Gasteiger partial charge is 0.508 e. The molecule has 5 nitrogen and oxygen atoms in total. The van der Waals surface area contributed by atoms with Gasteiger partial charge in [-0.2, -0.15) is 5.26 Å². The highest BCUT2D eigenvalue weighted by Gasteiger charge is 2.31. The van der Waals surface area contributed by atoms with Crippen molar-refractivity contribution >= 4 is 11.6 Å². The minimum absolute atomic E-state index is 0.0237. The molecule has 30 heavy (non-hydrogen) atoms. The maximum absolute atomic E-state index is 13.8. The van der Waals surface area contributed by atoms with Crippen molar-refractivity contribution in [3.05, 3.63) is 99.7 Å².